The van der Waals surface area contributed by atoms with Crippen LogP contribution < -0.4 is 0 Å². The van der Waals surface area contributed by atoms with Crippen LogP contribution in [0, 0.1) is 0 Å². The summed E-state index contributed by atoms with van der Waals surface area (Å²) in [5, 5.41) is 51.8. The predicted molar refractivity (Wildman–Crippen MR) is 38.7 cm³/mol. The minimum absolute atomic E-state index is 0. The normalized spacial score (nSPS) is 18.9. The molecule has 4 unspecified atom stereocenters. The van der Waals surface area contributed by atoms with Crippen LogP contribution in [0.5, 0.6) is 0 Å². The van der Waals surface area contributed by atoms with Crippen LogP contribution in [0.3, 0.4) is 0 Å². The fourth-order valence-corrected chi connectivity index (χ4v) is 0.668. The molecule has 0 aromatic rings. The maximum absolute atomic E-state index is 10.1. The Morgan fingerprint density at radius 2 is 1.50 bits per heavy atom. The summed E-state index contributed by atoms with van der Waals surface area (Å²) in [6.45, 7) is -0.843. The average molecular weight is 255 g/mol. The molecule has 0 aliphatic carbocycles. The van der Waals surface area contributed by atoms with E-state index in [4.69, 9.17) is 30.6 Å². The van der Waals surface area contributed by atoms with Gasteiger partial charge in [-0.1, -0.05) is 0 Å². The van der Waals surface area contributed by atoms with E-state index < -0.39 is 37.0 Å². The molecule has 0 aliphatic heterocycles. The van der Waals surface area contributed by atoms with Crippen molar-refractivity contribution in [3.63, 3.8) is 0 Å². The molecule has 8 heteroatoms. The Bertz CT molecular complexity index is 176. The smallest absolute Gasteiger partial charge is 0.335 e. The molecule has 0 amide bonds. The van der Waals surface area contributed by atoms with Crippen molar-refractivity contribution >= 4 is 5.97 Å². The van der Waals surface area contributed by atoms with Crippen molar-refractivity contribution in [1.29, 1.82) is 0 Å². The van der Waals surface area contributed by atoms with E-state index in [0.717, 1.165) is 0 Å². The molecule has 0 saturated heterocycles. The van der Waals surface area contributed by atoms with E-state index in [-0.39, 0.29) is 16.8 Å². The Balaban J connectivity index is 0. The van der Waals surface area contributed by atoms with Crippen molar-refractivity contribution in [3.8, 4) is 0 Å². The number of aliphatic carboxylic acids is 1. The Morgan fingerprint density at radius 3 is 1.79 bits per heavy atom. The number of aliphatic hydroxyl groups excluding tert-OH is 5. The molecule has 0 aliphatic rings. The maximum Gasteiger partial charge on any atom is 0.335 e. The number of carboxylic acids is 1. The van der Waals surface area contributed by atoms with Gasteiger partial charge >= 0.3 is 5.97 Å². The van der Waals surface area contributed by atoms with Crippen LogP contribution in [0.15, 0.2) is 0 Å². The number of hydrogen-bond donors (Lipinski definition) is 6. The quantitative estimate of drug-likeness (QED) is 0.299. The van der Waals surface area contributed by atoms with Gasteiger partial charge in [-0.3, -0.25) is 0 Å². The van der Waals surface area contributed by atoms with Gasteiger partial charge in [-0.15, -0.1) is 0 Å². The fraction of sp³-hybridized carbons (Fsp3) is 0.833. The van der Waals surface area contributed by atoms with Crippen LogP contribution >= 0.6 is 0 Å². The van der Waals surface area contributed by atoms with Crippen LogP contribution in [-0.2, 0) is 21.6 Å². The molecule has 0 aromatic heterocycles. The molecular weight excluding hydrogens is 243 g/mol. The van der Waals surface area contributed by atoms with Gasteiger partial charge in [0.1, 0.15) is 18.3 Å². The Hall–Kier alpha value is -0.224. The Kier molecular flexibility index (Phi) is 8.25. The molecule has 87 valence electrons. The van der Waals surface area contributed by atoms with Crippen LogP contribution in [0.25, 0.3) is 0 Å². The summed E-state index contributed by atoms with van der Waals surface area (Å²) >= 11 is 0. The number of carboxylic acid groups (broad SMARTS) is 1. The van der Waals surface area contributed by atoms with Crippen molar-refractivity contribution in [2.75, 3.05) is 6.61 Å². The summed E-state index contributed by atoms with van der Waals surface area (Å²) < 4.78 is 0. The van der Waals surface area contributed by atoms with Crippen molar-refractivity contribution in [2.24, 2.45) is 0 Å². The van der Waals surface area contributed by atoms with Crippen molar-refractivity contribution < 1.29 is 52.2 Å². The van der Waals surface area contributed by atoms with Gasteiger partial charge in [-0.05, 0) is 0 Å². The summed E-state index contributed by atoms with van der Waals surface area (Å²) in [7, 11) is 0. The molecule has 0 aromatic carbocycles. The molecule has 6 N–H and O–H groups in total. The predicted octanol–water partition coefficient (Wildman–Crippen LogP) is -3.50. The zero-order valence-corrected chi connectivity index (χ0v) is 7.98. The van der Waals surface area contributed by atoms with E-state index in [9.17, 15) is 4.79 Å². The third-order valence-corrected chi connectivity index (χ3v) is 1.51. The molecular formula is C6H12CoO7. The van der Waals surface area contributed by atoms with Gasteiger partial charge < -0.3 is 30.6 Å². The zero-order chi connectivity index (χ0) is 10.6. The van der Waals surface area contributed by atoms with Gasteiger partial charge in [0.05, 0.1) is 6.61 Å². The third-order valence-electron chi connectivity index (χ3n) is 1.51. The van der Waals surface area contributed by atoms with Gasteiger partial charge in [0, 0.05) is 16.8 Å². The standard InChI is InChI=1S/C6H12O7.Co/c7-1-2(8)3(9)4(10)5(11)6(12)13;/h2-5,7-11H,1H2,(H,12,13);. The molecule has 0 heterocycles. The number of rotatable bonds is 5. The van der Waals surface area contributed by atoms with Crippen molar-refractivity contribution in [1.82, 2.24) is 0 Å². The fourth-order valence-electron chi connectivity index (χ4n) is 0.668. The Labute approximate surface area is 89.8 Å². The Morgan fingerprint density at radius 1 is 1.07 bits per heavy atom. The first kappa shape index (κ1) is 16.2. The van der Waals surface area contributed by atoms with E-state index in [1.807, 2.05) is 0 Å². The van der Waals surface area contributed by atoms with Crippen LogP contribution in [0.2, 0.25) is 0 Å². The maximum atomic E-state index is 10.1. The molecule has 0 spiro atoms. The number of hydrogen-bond acceptors (Lipinski definition) is 6. The summed E-state index contributed by atoms with van der Waals surface area (Å²) in [6, 6.07) is 0. The minimum atomic E-state index is -2.20. The van der Waals surface area contributed by atoms with Crippen molar-refractivity contribution in [3.05, 3.63) is 0 Å². The largest absolute Gasteiger partial charge is 0.479 e. The molecule has 14 heavy (non-hydrogen) atoms. The first-order valence-corrected chi connectivity index (χ1v) is 3.47. The van der Waals surface area contributed by atoms with E-state index in [0.29, 0.717) is 0 Å². The molecule has 0 fully saturated rings. The van der Waals surface area contributed by atoms with Crippen LogP contribution in [0.1, 0.15) is 0 Å². The van der Waals surface area contributed by atoms with Gasteiger partial charge in [0.25, 0.3) is 0 Å². The van der Waals surface area contributed by atoms with E-state index in [2.05, 4.69) is 0 Å². The first-order chi connectivity index (χ1) is 5.91. The molecule has 0 bridgehead atoms. The SMILES string of the molecule is O=C(O)C(O)C(O)C(O)C(O)CO.[Co]. The molecule has 0 saturated carbocycles. The van der Waals surface area contributed by atoms with Gasteiger partial charge in [-0.2, -0.15) is 0 Å². The minimum Gasteiger partial charge on any atom is -0.479 e. The van der Waals surface area contributed by atoms with Gasteiger partial charge in [-0.25, -0.2) is 4.79 Å². The second kappa shape index (κ2) is 7.12. The first-order valence-electron chi connectivity index (χ1n) is 3.47. The number of carbonyl (C=O) groups is 1. The van der Waals surface area contributed by atoms with E-state index >= 15 is 0 Å². The van der Waals surface area contributed by atoms with Crippen LogP contribution in [0.4, 0.5) is 0 Å². The second-order valence-corrected chi connectivity index (χ2v) is 2.51. The third kappa shape index (κ3) is 4.33. The van der Waals surface area contributed by atoms with Gasteiger partial charge in [0.15, 0.2) is 6.10 Å². The summed E-state index contributed by atoms with van der Waals surface area (Å²) in [5.41, 5.74) is 0. The average Bonchev–Trinajstić information content (AvgIpc) is 2.12. The van der Waals surface area contributed by atoms with Crippen molar-refractivity contribution in [2.45, 2.75) is 24.4 Å². The second-order valence-electron chi connectivity index (χ2n) is 2.51. The van der Waals surface area contributed by atoms with E-state index in [1.54, 1.807) is 0 Å². The number of aliphatic hydroxyl groups is 5. The summed E-state index contributed by atoms with van der Waals surface area (Å²) in [5.74, 6) is -1.73. The summed E-state index contributed by atoms with van der Waals surface area (Å²) in [6.07, 6.45) is -7.84. The van der Waals surface area contributed by atoms with E-state index in [1.165, 1.54) is 0 Å². The zero-order valence-electron chi connectivity index (χ0n) is 6.94. The molecule has 0 rings (SSSR count). The summed E-state index contributed by atoms with van der Waals surface area (Å²) in [4.78, 5) is 10.1. The molecule has 4 atom stereocenters. The monoisotopic (exact) mass is 255 g/mol. The van der Waals surface area contributed by atoms with Gasteiger partial charge in [0.2, 0.25) is 0 Å². The topological polar surface area (TPSA) is 138 Å². The molecule has 7 nitrogen and oxygen atoms in total. The van der Waals surface area contributed by atoms with Crippen LogP contribution in [-0.4, -0.2) is 67.6 Å². The molecule has 1 radical (unpaired) electrons.